The van der Waals surface area contributed by atoms with Crippen LogP contribution in [0, 0.1) is 13.8 Å². The summed E-state index contributed by atoms with van der Waals surface area (Å²) in [6, 6.07) is 4.13. The van der Waals surface area contributed by atoms with Crippen molar-refractivity contribution in [2.45, 2.75) is 37.6 Å². The first-order valence-corrected chi connectivity index (χ1v) is 7.60. The zero-order valence-corrected chi connectivity index (χ0v) is 11.8. The van der Waals surface area contributed by atoms with Crippen LogP contribution in [0.5, 0.6) is 0 Å². The Bertz CT molecular complexity index is 609. The van der Waals surface area contributed by atoms with E-state index in [1.54, 1.807) is 25.1 Å². The van der Waals surface area contributed by atoms with E-state index in [0.29, 0.717) is 18.4 Å². The van der Waals surface area contributed by atoms with E-state index >= 15 is 0 Å². The van der Waals surface area contributed by atoms with Crippen LogP contribution >= 0.6 is 0 Å². The van der Waals surface area contributed by atoms with E-state index in [-0.39, 0.29) is 11.4 Å². The van der Waals surface area contributed by atoms with Crippen LogP contribution in [0.4, 0.5) is 0 Å². The van der Waals surface area contributed by atoms with Crippen LogP contribution < -0.4 is 0 Å². The maximum absolute atomic E-state index is 12.5. The average molecular weight is 283 g/mol. The molecule has 0 radical (unpaired) electrons. The molecule has 6 heteroatoms. The summed E-state index contributed by atoms with van der Waals surface area (Å²) in [5, 5.41) is 9.10. The molecular weight excluding hydrogens is 266 g/mol. The van der Waals surface area contributed by atoms with Gasteiger partial charge in [0.25, 0.3) is 0 Å². The van der Waals surface area contributed by atoms with Gasteiger partial charge in [-0.15, -0.1) is 0 Å². The summed E-state index contributed by atoms with van der Waals surface area (Å²) in [4.78, 5) is 11.3. The molecule has 5 nitrogen and oxygen atoms in total. The van der Waals surface area contributed by atoms with Crippen LogP contribution in [-0.4, -0.2) is 36.4 Å². The molecule has 0 amide bonds. The topological polar surface area (TPSA) is 74.7 Å². The number of sulfonamides is 1. The summed E-state index contributed by atoms with van der Waals surface area (Å²) in [5.41, 5.74) is 1.63. The Morgan fingerprint density at radius 2 is 2.05 bits per heavy atom. The van der Waals surface area contributed by atoms with Crippen molar-refractivity contribution in [3.8, 4) is 0 Å². The lowest BCUT2D eigenvalue weighted by atomic mass is 10.2. The molecule has 0 unspecified atom stereocenters. The van der Waals surface area contributed by atoms with Crippen LogP contribution in [0.1, 0.15) is 24.0 Å². The summed E-state index contributed by atoms with van der Waals surface area (Å²) in [6.45, 7) is 3.89. The molecule has 0 aliphatic carbocycles. The minimum Gasteiger partial charge on any atom is -0.480 e. The van der Waals surface area contributed by atoms with Gasteiger partial charge in [0, 0.05) is 6.54 Å². The van der Waals surface area contributed by atoms with Gasteiger partial charge in [0.15, 0.2) is 0 Å². The molecule has 1 fully saturated rings. The Morgan fingerprint density at radius 1 is 1.37 bits per heavy atom. The molecule has 0 aromatic heterocycles. The number of hydrogen-bond acceptors (Lipinski definition) is 3. The van der Waals surface area contributed by atoms with Gasteiger partial charge in [-0.1, -0.05) is 17.7 Å². The molecule has 19 heavy (non-hydrogen) atoms. The molecular formula is C13H17NO4S. The van der Waals surface area contributed by atoms with Gasteiger partial charge in [-0.3, -0.25) is 4.79 Å². The van der Waals surface area contributed by atoms with Crippen molar-refractivity contribution in [1.29, 1.82) is 0 Å². The third kappa shape index (κ3) is 2.50. The first-order chi connectivity index (χ1) is 8.84. The van der Waals surface area contributed by atoms with E-state index in [9.17, 15) is 13.2 Å². The first kappa shape index (κ1) is 14.0. The lowest BCUT2D eigenvalue weighted by Gasteiger charge is -2.22. The number of hydrogen-bond donors (Lipinski definition) is 1. The van der Waals surface area contributed by atoms with E-state index in [0.717, 1.165) is 9.87 Å². The van der Waals surface area contributed by atoms with E-state index in [2.05, 4.69) is 0 Å². The zero-order chi connectivity index (χ0) is 14.2. The quantitative estimate of drug-likeness (QED) is 0.913. The summed E-state index contributed by atoms with van der Waals surface area (Å²) in [5.74, 6) is -1.08. The van der Waals surface area contributed by atoms with Crippen LogP contribution in [0.15, 0.2) is 23.1 Å². The monoisotopic (exact) mass is 283 g/mol. The molecule has 0 bridgehead atoms. The van der Waals surface area contributed by atoms with Gasteiger partial charge in [0.1, 0.15) is 6.04 Å². The molecule has 1 atom stereocenters. The van der Waals surface area contributed by atoms with Gasteiger partial charge in [-0.05, 0) is 38.3 Å². The van der Waals surface area contributed by atoms with Crippen LogP contribution in [0.2, 0.25) is 0 Å². The molecule has 0 saturated carbocycles. The van der Waals surface area contributed by atoms with Crippen molar-refractivity contribution in [2.75, 3.05) is 6.54 Å². The van der Waals surface area contributed by atoms with Gasteiger partial charge in [-0.25, -0.2) is 8.42 Å². The highest BCUT2D eigenvalue weighted by Gasteiger charge is 2.39. The van der Waals surface area contributed by atoms with Crippen molar-refractivity contribution in [3.63, 3.8) is 0 Å². The fourth-order valence-electron chi connectivity index (χ4n) is 2.49. The zero-order valence-electron chi connectivity index (χ0n) is 11.0. The van der Waals surface area contributed by atoms with E-state index in [1.165, 1.54) is 0 Å². The lowest BCUT2D eigenvalue weighted by molar-refractivity contribution is -0.140. The largest absolute Gasteiger partial charge is 0.480 e. The van der Waals surface area contributed by atoms with Gasteiger partial charge in [0.05, 0.1) is 4.90 Å². The summed E-state index contributed by atoms with van der Waals surface area (Å²) >= 11 is 0. The van der Waals surface area contributed by atoms with E-state index in [4.69, 9.17) is 5.11 Å². The standard InChI is InChI=1S/C13H17NO4S/c1-9-5-6-12(10(2)8-9)19(17,18)14-7-3-4-11(14)13(15)16/h5-6,8,11H,3-4,7H2,1-2H3,(H,15,16)/t11-/m0/s1. The maximum atomic E-state index is 12.5. The van der Waals surface area contributed by atoms with Crippen LogP contribution in [0.25, 0.3) is 0 Å². The molecule has 2 rings (SSSR count). The van der Waals surface area contributed by atoms with Gasteiger partial charge < -0.3 is 5.11 Å². The van der Waals surface area contributed by atoms with Crippen molar-refractivity contribution in [2.24, 2.45) is 0 Å². The molecule has 1 aliphatic rings. The Kier molecular flexibility index (Phi) is 3.64. The predicted octanol–water partition coefficient (Wildman–Crippen LogP) is 1.54. The Morgan fingerprint density at radius 3 is 2.63 bits per heavy atom. The number of benzene rings is 1. The molecule has 0 spiro atoms. The lowest BCUT2D eigenvalue weighted by Crippen LogP contribution is -2.40. The molecule has 1 N–H and O–H groups in total. The highest BCUT2D eigenvalue weighted by molar-refractivity contribution is 7.89. The van der Waals surface area contributed by atoms with Crippen molar-refractivity contribution in [3.05, 3.63) is 29.3 Å². The number of rotatable bonds is 3. The molecule has 1 saturated heterocycles. The third-order valence-electron chi connectivity index (χ3n) is 3.41. The second-order valence-corrected chi connectivity index (χ2v) is 6.74. The number of carboxylic acids is 1. The fraction of sp³-hybridized carbons (Fsp3) is 0.462. The Balaban J connectivity index is 2.45. The van der Waals surface area contributed by atoms with Crippen LogP contribution in [-0.2, 0) is 14.8 Å². The Labute approximate surface area is 112 Å². The summed E-state index contributed by atoms with van der Waals surface area (Å²) in [6.07, 6.45) is 0.959. The predicted molar refractivity (Wildman–Crippen MR) is 70.5 cm³/mol. The van der Waals surface area contributed by atoms with Gasteiger partial charge in [0.2, 0.25) is 10.0 Å². The highest BCUT2D eigenvalue weighted by Crippen LogP contribution is 2.28. The smallest absolute Gasteiger partial charge is 0.322 e. The minimum absolute atomic E-state index is 0.200. The molecule has 1 aromatic rings. The highest BCUT2D eigenvalue weighted by atomic mass is 32.2. The minimum atomic E-state index is -3.73. The third-order valence-corrected chi connectivity index (χ3v) is 5.47. The maximum Gasteiger partial charge on any atom is 0.322 e. The molecule has 1 aliphatic heterocycles. The fourth-order valence-corrected chi connectivity index (χ4v) is 4.35. The van der Waals surface area contributed by atoms with Crippen molar-refractivity contribution < 1.29 is 18.3 Å². The van der Waals surface area contributed by atoms with Crippen molar-refractivity contribution in [1.82, 2.24) is 4.31 Å². The normalized spacial score (nSPS) is 20.6. The average Bonchev–Trinajstić information content (AvgIpc) is 2.77. The summed E-state index contributed by atoms with van der Waals surface area (Å²) < 4.78 is 26.2. The SMILES string of the molecule is Cc1ccc(S(=O)(=O)N2CCC[C@H]2C(=O)O)c(C)c1. The second kappa shape index (κ2) is 4.94. The summed E-state index contributed by atoms with van der Waals surface area (Å²) in [7, 11) is -3.73. The number of carbonyl (C=O) groups is 1. The van der Waals surface area contributed by atoms with Crippen LogP contribution in [0.3, 0.4) is 0 Å². The number of aryl methyl sites for hydroxylation is 2. The molecule has 1 heterocycles. The number of nitrogens with zero attached hydrogens (tertiary/aromatic N) is 1. The molecule has 104 valence electrons. The van der Waals surface area contributed by atoms with Gasteiger partial charge >= 0.3 is 5.97 Å². The van der Waals surface area contributed by atoms with E-state index < -0.39 is 22.0 Å². The van der Waals surface area contributed by atoms with Crippen molar-refractivity contribution >= 4 is 16.0 Å². The van der Waals surface area contributed by atoms with E-state index in [1.807, 2.05) is 6.92 Å². The van der Waals surface area contributed by atoms with Gasteiger partial charge in [-0.2, -0.15) is 4.31 Å². The Hall–Kier alpha value is -1.40. The number of carboxylic acid groups (broad SMARTS) is 1. The first-order valence-electron chi connectivity index (χ1n) is 6.16. The molecule has 1 aromatic carbocycles. The number of aliphatic carboxylic acids is 1. The second-order valence-electron chi connectivity index (χ2n) is 4.88.